The molecule has 0 bridgehead atoms. The van der Waals surface area contributed by atoms with Gasteiger partial charge in [-0.05, 0) is 0 Å². The van der Waals surface area contributed by atoms with Crippen LogP contribution in [0.1, 0.15) is 5.82 Å². The molecule has 2 aromatic rings. The number of nitrogens with zero attached hydrogens (tertiary/aromatic N) is 5. The molecule has 6 N–H and O–H groups in total. The predicted molar refractivity (Wildman–Crippen MR) is 67.5 cm³/mol. The molecule has 0 aromatic carbocycles. The number of nitrogens with two attached hydrogens (primary N) is 2. The van der Waals surface area contributed by atoms with Gasteiger partial charge >= 0.3 is 0 Å². The highest BCUT2D eigenvalue weighted by Gasteiger charge is 2.03. The van der Waals surface area contributed by atoms with Crippen LogP contribution in [-0.4, -0.2) is 31.3 Å². The number of hydrogen-bond donors (Lipinski definition) is 4. The number of hydrazine groups is 1. The third-order valence-electron chi connectivity index (χ3n) is 2.35. The van der Waals surface area contributed by atoms with E-state index in [-0.39, 0.29) is 5.95 Å². The Kier molecular flexibility index (Phi) is 3.53. The van der Waals surface area contributed by atoms with Crippen molar-refractivity contribution in [2.24, 2.45) is 12.9 Å². The molecule has 0 unspecified atom stereocenters. The quantitative estimate of drug-likeness (QED) is 0.397. The van der Waals surface area contributed by atoms with E-state index in [2.05, 4.69) is 30.9 Å². The van der Waals surface area contributed by atoms with Gasteiger partial charge < -0.3 is 21.0 Å². The molecule has 0 aliphatic rings. The summed E-state index contributed by atoms with van der Waals surface area (Å²) in [4.78, 5) is 7.93. The molecule has 96 valence electrons. The fourth-order valence-electron chi connectivity index (χ4n) is 1.47. The Bertz CT molecular complexity index is 521. The minimum absolute atomic E-state index is 0.159. The van der Waals surface area contributed by atoms with Crippen LogP contribution in [0.4, 0.5) is 17.6 Å². The zero-order chi connectivity index (χ0) is 13.0. The molecule has 18 heavy (non-hydrogen) atoms. The van der Waals surface area contributed by atoms with E-state index in [0.717, 1.165) is 12.2 Å². The second kappa shape index (κ2) is 5.27. The molecule has 2 heterocycles. The fourth-order valence-corrected chi connectivity index (χ4v) is 1.47. The van der Waals surface area contributed by atoms with Crippen molar-refractivity contribution in [1.29, 1.82) is 0 Å². The fraction of sp³-hybridized carbons (Fsp3) is 0.333. The van der Waals surface area contributed by atoms with E-state index >= 15 is 0 Å². The Morgan fingerprint density at radius 3 is 2.78 bits per heavy atom. The lowest BCUT2D eigenvalue weighted by atomic mass is 10.4. The number of nitrogens with one attached hydrogen (secondary N) is 2. The summed E-state index contributed by atoms with van der Waals surface area (Å²) in [7, 11) is 1.90. The van der Waals surface area contributed by atoms with Crippen molar-refractivity contribution in [2.45, 2.75) is 6.42 Å². The van der Waals surface area contributed by atoms with Crippen LogP contribution in [0.5, 0.6) is 0 Å². The van der Waals surface area contributed by atoms with Crippen LogP contribution in [0.2, 0.25) is 0 Å². The highest BCUT2D eigenvalue weighted by atomic mass is 15.3. The van der Waals surface area contributed by atoms with Crippen LogP contribution in [0.3, 0.4) is 0 Å². The lowest BCUT2D eigenvalue weighted by Gasteiger charge is -2.07. The molecule has 0 aliphatic carbocycles. The Morgan fingerprint density at radius 2 is 2.11 bits per heavy atom. The van der Waals surface area contributed by atoms with Crippen LogP contribution >= 0.6 is 0 Å². The van der Waals surface area contributed by atoms with Gasteiger partial charge in [-0.3, -0.25) is 0 Å². The third-order valence-corrected chi connectivity index (χ3v) is 2.35. The molecule has 2 rings (SSSR count). The summed E-state index contributed by atoms with van der Waals surface area (Å²) in [6.45, 7) is 0.660. The van der Waals surface area contributed by atoms with Gasteiger partial charge in [-0.2, -0.15) is 9.97 Å². The van der Waals surface area contributed by atoms with Crippen LogP contribution < -0.4 is 22.3 Å². The van der Waals surface area contributed by atoms with E-state index in [1.807, 2.05) is 11.6 Å². The monoisotopic (exact) mass is 249 g/mol. The normalized spacial score (nSPS) is 10.3. The molecule has 0 spiro atoms. The summed E-state index contributed by atoms with van der Waals surface area (Å²) in [5.74, 6) is 7.39. The minimum Gasteiger partial charge on any atom is -0.369 e. The summed E-state index contributed by atoms with van der Waals surface area (Å²) in [6, 6.07) is 1.67. The maximum absolute atomic E-state index is 5.54. The highest BCUT2D eigenvalue weighted by molar-refractivity contribution is 5.50. The Balaban J connectivity index is 1.94. The van der Waals surface area contributed by atoms with Crippen LogP contribution in [0.15, 0.2) is 12.4 Å². The van der Waals surface area contributed by atoms with Gasteiger partial charge in [0.25, 0.3) is 0 Å². The van der Waals surface area contributed by atoms with Crippen molar-refractivity contribution >= 4 is 17.6 Å². The van der Waals surface area contributed by atoms with Crippen molar-refractivity contribution in [1.82, 2.24) is 24.7 Å². The van der Waals surface area contributed by atoms with Gasteiger partial charge in [0, 0.05) is 26.1 Å². The van der Waals surface area contributed by atoms with Gasteiger partial charge in [0.2, 0.25) is 5.95 Å². The van der Waals surface area contributed by atoms with E-state index < -0.39 is 0 Å². The largest absolute Gasteiger partial charge is 0.369 e. The van der Waals surface area contributed by atoms with E-state index in [1.165, 1.54) is 0 Å². The number of rotatable bonds is 5. The molecule has 0 saturated carbocycles. The van der Waals surface area contributed by atoms with Crippen LogP contribution in [0, 0.1) is 0 Å². The zero-order valence-electron chi connectivity index (χ0n) is 9.96. The average Bonchev–Trinajstić information content (AvgIpc) is 2.74. The summed E-state index contributed by atoms with van der Waals surface area (Å²) in [5.41, 5.74) is 7.96. The molecule has 2 aromatic heterocycles. The Hall–Kier alpha value is -2.42. The molecule has 0 radical (unpaired) electrons. The molecular formula is C9H15N9. The molecular weight excluding hydrogens is 234 g/mol. The first-order valence-electron chi connectivity index (χ1n) is 5.37. The van der Waals surface area contributed by atoms with E-state index in [0.29, 0.717) is 18.2 Å². The lowest BCUT2D eigenvalue weighted by molar-refractivity contribution is 0.787. The van der Waals surface area contributed by atoms with Crippen molar-refractivity contribution in [3.05, 3.63) is 18.2 Å². The number of aryl methyl sites for hydroxylation is 1. The minimum atomic E-state index is 0.159. The van der Waals surface area contributed by atoms with E-state index in [4.69, 9.17) is 11.6 Å². The molecule has 0 aliphatic heterocycles. The van der Waals surface area contributed by atoms with Gasteiger partial charge in [-0.25, -0.2) is 5.84 Å². The molecule has 0 saturated heterocycles. The first-order valence-corrected chi connectivity index (χ1v) is 5.37. The summed E-state index contributed by atoms with van der Waals surface area (Å²) in [5, 5.41) is 10.9. The van der Waals surface area contributed by atoms with Gasteiger partial charge in [0.1, 0.15) is 23.8 Å². The summed E-state index contributed by atoms with van der Waals surface area (Å²) < 4.78 is 1.86. The van der Waals surface area contributed by atoms with Crippen molar-refractivity contribution in [3.63, 3.8) is 0 Å². The summed E-state index contributed by atoms with van der Waals surface area (Å²) >= 11 is 0. The molecule has 0 atom stereocenters. The van der Waals surface area contributed by atoms with Crippen LogP contribution in [-0.2, 0) is 13.5 Å². The zero-order valence-corrected chi connectivity index (χ0v) is 9.96. The highest BCUT2D eigenvalue weighted by Crippen LogP contribution is 2.11. The number of aromatic nitrogens is 5. The SMILES string of the molecule is Cn1cnnc1CCNc1cc(NN)nc(N)n1. The lowest BCUT2D eigenvalue weighted by Crippen LogP contribution is -2.13. The van der Waals surface area contributed by atoms with Crippen molar-refractivity contribution < 1.29 is 0 Å². The maximum Gasteiger partial charge on any atom is 0.223 e. The van der Waals surface area contributed by atoms with E-state index in [1.54, 1.807) is 12.4 Å². The second-order valence-electron chi connectivity index (χ2n) is 3.68. The third kappa shape index (κ3) is 2.83. The van der Waals surface area contributed by atoms with Crippen molar-refractivity contribution in [2.75, 3.05) is 23.0 Å². The molecule has 0 fully saturated rings. The number of nitrogen functional groups attached to an aromatic ring is 2. The second-order valence-corrected chi connectivity index (χ2v) is 3.68. The van der Waals surface area contributed by atoms with Gasteiger partial charge in [-0.15, -0.1) is 10.2 Å². The Morgan fingerprint density at radius 1 is 1.33 bits per heavy atom. The van der Waals surface area contributed by atoms with Gasteiger partial charge in [0.15, 0.2) is 0 Å². The molecule has 9 heteroatoms. The smallest absolute Gasteiger partial charge is 0.223 e. The average molecular weight is 249 g/mol. The first-order chi connectivity index (χ1) is 8.69. The first kappa shape index (κ1) is 12.0. The Labute approximate surface area is 104 Å². The molecule has 9 nitrogen and oxygen atoms in total. The number of hydrogen-bond acceptors (Lipinski definition) is 8. The molecule has 0 amide bonds. The van der Waals surface area contributed by atoms with Crippen molar-refractivity contribution in [3.8, 4) is 0 Å². The maximum atomic E-state index is 5.54. The topological polar surface area (TPSA) is 133 Å². The van der Waals surface area contributed by atoms with E-state index in [9.17, 15) is 0 Å². The van der Waals surface area contributed by atoms with Crippen LogP contribution in [0.25, 0.3) is 0 Å². The standard InChI is InChI=1S/C9H15N9/c1-18-5-13-17-8(18)2-3-12-6-4-7(16-11)15-9(10)14-6/h4-5H,2-3,11H2,1H3,(H4,10,12,14,15,16). The number of anilines is 3. The van der Waals surface area contributed by atoms with Gasteiger partial charge in [0.05, 0.1) is 0 Å². The predicted octanol–water partition coefficient (Wildman–Crippen LogP) is -0.872. The summed E-state index contributed by atoms with van der Waals surface area (Å²) in [6.07, 6.45) is 2.39. The van der Waals surface area contributed by atoms with Gasteiger partial charge in [-0.1, -0.05) is 0 Å².